The summed E-state index contributed by atoms with van der Waals surface area (Å²) in [5.41, 5.74) is 1.21. The quantitative estimate of drug-likeness (QED) is 0.765. The van der Waals surface area contributed by atoms with Crippen molar-refractivity contribution in [1.29, 1.82) is 0 Å². The van der Waals surface area contributed by atoms with Crippen LogP contribution >= 0.6 is 23.1 Å². The molecule has 0 saturated heterocycles. The van der Waals surface area contributed by atoms with Gasteiger partial charge in [-0.25, -0.2) is 4.98 Å². The van der Waals surface area contributed by atoms with Crippen LogP contribution in [0, 0.1) is 13.8 Å². The third kappa shape index (κ3) is 3.97. The van der Waals surface area contributed by atoms with Crippen molar-refractivity contribution in [3.05, 3.63) is 15.6 Å². The maximum atomic E-state index is 4.72. The Kier molecular flexibility index (Phi) is 4.88. The lowest BCUT2D eigenvalue weighted by atomic mass is 10.2. The number of hydrogen-bond acceptors (Lipinski definition) is 4. The summed E-state index contributed by atoms with van der Waals surface area (Å²) in [5.74, 6) is 1.26. The van der Waals surface area contributed by atoms with E-state index in [1.165, 1.54) is 47.0 Å². The Morgan fingerprint density at radius 2 is 2.24 bits per heavy atom. The van der Waals surface area contributed by atoms with E-state index < -0.39 is 0 Å². The molecule has 1 atom stereocenters. The largest absolute Gasteiger partial charge is 0.305 e. The molecule has 1 fully saturated rings. The maximum Gasteiger partial charge on any atom is 0.110 e. The van der Waals surface area contributed by atoms with Crippen molar-refractivity contribution in [1.82, 2.24) is 10.3 Å². The summed E-state index contributed by atoms with van der Waals surface area (Å²) >= 11 is 3.81. The Balaban J connectivity index is 1.97. The molecule has 1 aromatic rings. The van der Waals surface area contributed by atoms with E-state index in [0.29, 0.717) is 6.04 Å². The van der Waals surface area contributed by atoms with Gasteiger partial charge in [0, 0.05) is 10.9 Å². The highest BCUT2D eigenvalue weighted by Gasteiger charge is 2.26. The third-order valence-corrected chi connectivity index (χ3v) is 5.08. The van der Waals surface area contributed by atoms with Crippen molar-refractivity contribution in [3.8, 4) is 0 Å². The fraction of sp³-hybridized carbons (Fsp3) is 0.769. The topological polar surface area (TPSA) is 24.9 Å². The van der Waals surface area contributed by atoms with Crippen LogP contribution < -0.4 is 5.32 Å². The standard InChI is InChI=1S/C13H22N2S2/c1-9-10(2)17-13(14-9)12(5-4-8-16-3)15-11-6-7-11/h11-12,15H,4-8H2,1-3H3. The molecule has 2 rings (SSSR count). The fourth-order valence-electron chi connectivity index (χ4n) is 1.89. The predicted molar refractivity (Wildman–Crippen MR) is 78.1 cm³/mol. The van der Waals surface area contributed by atoms with Crippen LogP contribution in [0.3, 0.4) is 0 Å². The van der Waals surface area contributed by atoms with Crippen LogP contribution in [0.5, 0.6) is 0 Å². The van der Waals surface area contributed by atoms with E-state index in [-0.39, 0.29) is 0 Å². The van der Waals surface area contributed by atoms with E-state index in [9.17, 15) is 0 Å². The van der Waals surface area contributed by atoms with Crippen LogP contribution in [0.1, 0.15) is 47.3 Å². The SMILES string of the molecule is CSCCCC(NC1CC1)c1nc(C)c(C)s1. The summed E-state index contributed by atoms with van der Waals surface area (Å²) in [5, 5.41) is 5.04. The number of thiazole rings is 1. The first-order valence-corrected chi connectivity index (χ1v) is 8.60. The van der Waals surface area contributed by atoms with E-state index in [2.05, 4.69) is 25.4 Å². The number of hydrogen-bond donors (Lipinski definition) is 1. The van der Waals surface area contributed by atoms with Crippen molar-refractivity contribution < 1.29 is 0 Å². The lowest BCUT2D eigenvalue weighted by Gasteiger charge is -2.15. The van der Waals surface area contributed by atoms with Crippen LogP contribution in [-0.4, -0.2) is 23.0 Å². The molecule has 2 nitrogen and oxygen atoms in total. The summed E-state index contributed by atoms with van der Waals surface area (Å²) in [6, 6.07) is 1.26. The molecular formula is C13H22N2S2. The van der Waals surface area contributed by atoms with Crippen molar-refractivity contribution in [2.75, 3.05) is 12.0 Å². The Morgan fingerprint density at radius 3 is 2.76 bits per heavy atom. The Bertz CT molecular complexity index is 339. The summed E-state index contributed by atoms with van der Waals surface area (Å²) in [4.78, 5) is 6.09. The molecule has 0 amide bonds. The molecule has 1 heterocycles. The van der Waals surface area contributed by atoms with Gasteiger partial charge in [-0.1, -0.05) is 0 Å². The molecule has 1 N–H and O–H groups in total. The highest BCUT2D eigenvalue weighted by molar-refractivity contribution is 7.98. The molecule has 1 aromatic heterocycles. The van der Waals surface area contributed by atoms with Crippen molar-refractivity contribution in [3.63, 3.8) is 0 Å². The van der Waals surface area contributed by atoms with Gasteiger partial charge in [-0.05, 0) is 51.5 Å². The number of thioether (sulfide) groups is 1. The zero-order chi connectivity index (χ0) is 12.3. The molecule has 1 aliphatic carbocycles. The second kappa shape index (κ2) is 6.21. The molecule has 96 valence electrons. The highest BCUT2D eigenvalue weighted by Crippen LogP contribution is 2.30. The molecule has 0 radical (unpaired) electrons. The number of aryl methyl sites for hydroxylation is 2. The summed E-state index contributed by atoms with van der Waals surface area (Å²) in [6.45, 7) is 4.29. The lowest BCUT2D eigenvalue weighted by Crippen LogP contribution is -2.23. The molecule has 1 unspecified atom stereocenters. The number of rotatable bonds is 7. The minimum absolute atomic E-state index is 0.493. The van der Waals surface area contributed by atoms with Gasteiger partial charge in [-0.15, -0.1) is 11.3 Å². The van der Waals surface area contributed by atoms with Gasteiger partial charge in [0.1, 0.15) is 5.01 Å². The van der Waals surface area contributed by atoms with Crippen LogP contribution in [0.4, 0.5) is 0 Å². The second-order valence-electron chi connectivity index (χ2n) is 4.82. The van der Waals surface area contributed by atoms with E-state index in [0.717, 1.165) is 6.04 Å². The van der Waals surface area contributed by atoms with Gasteiger partial charge in [0.2, 0.25) is 0 Å². The van der Waals surface area contributed by atoms with Crippen LogP contribution in [0.2, 0.25) is 0 Å². The summed E-state index contributed by atoms with van der Waals surface area (Å²) in [7, 11) is 0. The summed E-state index contributed by atoms with van der Waals surface area (Å²) in [6.07, 6.45) is 7.39. The molecule has 1 saturated carbocycles. The third-order valence-electron chi connectivity index (χ3n) is 3.20. The first-order chi connectivity index (χ1) is 8.20. The predicted octanol–water partition coefficient (Wildman–Crippen LogP) is 3.70. The normalized spacial score (nSPS) is 17.4. The first-order valence-electron chi connectivity index (χ1n) is 6.39. The smallest absolute Gasteiger partial charge is 0.110 e. The highest BCUT2D eigenvalue weighted by atomic mass is 32.2. The lowest BCUT2D eigenvalue weighted by molar-refractivity contribution is 0.490. The van der Waals surface area contributed by atoms with E-state index in [1.54, 1.807) is 0 Å². The Morgan fingerprint density at radius 1 is 1.47 bits per heavy atom. The van der Waals surface area contributed by atoms with E-state index >= 15 is 0 Å². The average Bonchev–Trinajstić information content (AvgIpc) is 3.05. The van der Waals surface area contributed by atoms with Crippen LogP contribution in [-0.2, 0) is 0 Å². The monoisotopic (exact) mass is 270 g/mol. The molecule has 1 aliphatic rings. The van der Waals surface area contributed by atoms with E-state index in [1.807, 2.05) is 23.1 Å². The van der Waals surface area contributed by atoms with Gasteiger partial charge in [0.25, 0.3) is 0 Å². The Hall–Kier alpha value is -0.0600. The van der Waals surface area contributed by atoms with Gasteiger partial charge in [-0.3, -0.25) is 0 Å². The zero-order valence-electron chi connectivity index (χ0n) is 11.0. The zero-order valence-corrected chi connectivity index (χ0v) is 12.6. The number of aromatic nitrogens is 1. The first kappa shape index (κ1) is 13.4. The second-order valence-corrected chi connectivity index (χ2v) is 7.04. The minimum Gasteiger partial charge on any atom is -0.305 e. The Labute approximate surface area is 113 Å². The fourth-order valence-corrected chi connectivity index (χ4v) is 3.36. The molecule has 0 spiro atoms. The van der Waals surface area contributed by atoms with Crippen LogP contribution in [0.25, 0.3) is 0 Å². The number of nitrogens with zero attached hydrogens (tertiary/aromatic N) is 1. The molecule has 0 aliphatic heterocycles. The van der Waals surface area contributed by atoms with Crippen molar-refractivity contribution in [2.45, 2.75) is 51.6 Å². The van der Waals surface area contributed by atoms with Gasteiger partial charge in [-0.2, -0.15) is 11.8 Å². The van der Waals surface area contributed by atoms with Crippen molar-refractivity contribution >= 4 is 23.1 Å². The molecule has 0 bridgehead atoms. The van der Waals surface area contributed by atoms with Gasteiger partial charge < -0.3 is 5.32 Å². The number of nitrogens with one attached hydrogen (secondary N) is 1. The summed E-state index contributed by atoms with van der Waals surface area (Å²) < 4.78 is 0. The van der Waals surface area contributed by atoms with Crippen LogP contribution in [0.15, 0.2) is 0 Å². The van der Waals surface area contributed by atoms with Gasteiger partial charge in [0.05, 0.1) is 11.7 Å². The van der Waals surface area contributed by atoms with E-state index in [4.69, 9.17) is 4.98 Å². The van der Waals surface area contributed by atoms with Gasteiger partial charge in [0.15, 0.2) is 0 Å². The molecule has 17 heavy (non-hydrogen) atoms. The van der Waals surface area contributed by atoms with Crippen molar-refractivity contribution in [2.24, 2.45) is 0 Å². The molecular weight excluding hydrogens is 248 g/mol. The van der Waals surface area contributed by atoms with Gasteiger partial charge >= 0.3 is 0 Å². The maximum absolute atomic E-state index is 4.72. The molecule has 4 heteroatoms. The average molecular weight is 270 g/mol. The molecule has 0 aromatic carbocycles. The minimum atomic E-state index is 0.493.